The fraction of sp³-hybridized carbons (Fsp3) is 0.387. The summed E-state index contributed by atoms with van der Waals surface area (Å²) in [7, 11) is 1.79. The van der Waals surface area contributed by atoms with Gasteiger partial charge in [0.05, 0.1) is 29.4 Å². The van der Waals surface area contributed by atoms with Crippen LogP contribution in [0.3, 0.4) is 0 Å². The predicted molar refractivity (Wildman–Crippen MR) is 144 cm³/mol. The first-order valence-electron chi connectivity index (χ1n) is 14.0. The van der Waals surface area contributed by atoms with Gasteiger partial charge in [0.25, 0.3) is 0 Å². The molecule has 3 heterocycles. The van der Waals surface area contributed by atoms with Crippen LogP contribution in [0.2, 0.25) is 0 Å². The van der Waals surface area contributed by atoms with Gasteiger partial charge in [0.2, 0.25) is 0 Å². The molecule has 3 aromatic carbocycles. The number of aromatic nitrogens is 4. The molecule has 4 atom stereocenters. The highest BCUT2D eigenvalue weighted by atomic mass is 19.4. The highest BCUT2D eigenvalue weighted by Gasteiger charge is 2.60. The number of rotatable bonds is 7. The van der Waals surface area contributed by atoms with Crippen LogP contribution in [-0.4, -0.2) is 37.3 Å². The number of hydrogen-bond donors (Lipinski definition) is 0. The Morgan fingerprint density at radius 2 is 1.47 bits per heavy atom. The minimum atomic E-state index is -4.94. The zero-order valence-electron chi connectivity index (χ0n) is 23.2. The largest absolute Gasteiger partial charge is 0.416 e. The van der Waals surface area contributed by atoms with E-state index in [4.69, 9.17) is 4.74 Å². The van der Waals surface area contributed by atoms with Crippen LogP contribution in [-0.2, 0) is 42.8 Å². The van der Waals surface area contributed by atoms with Gasteiger partial charge in [0.1, 0.15) is 0 Å². The first-order valence-corrected chi connectivity index (χ1v) is 14.0. The van der Waals surface area contributed by atoms with Gasteiger partial charge in [-0.1, -0.05) is 60.7 Å². The Morgan fingerprint density at radius 1 is 0.837 bits per heavy atom. The van der Waals surface area contributed by atoms with Crippen molar-refractivity contribution in [1.29, 1.82) is 0 Å². The van der Waals surface area contributed by atoms with E-state index in [0.29, 0.717) is 31.6 Å². The van der Waals surface area contributed by atoms with Crippen molar-refractivity contribution >= 4 is 0 Å². The molecule has 0 radical (unpaired) electrons. The van der Waals surface area contributed by atoms with Gasteiger partial charge in [-0.3, -0.25) is 4.90 Å². The fourth-order valence-electron chi connectivity index (χ4n) is 6.91. The highest BCUT2D eigenvalue weighted by molar-refractivity contribution is 5.36. The molecular weight excluding hydrogens is 572 g/mol. The van der Waals surface area contributed by atoms with Crippen molar-refractivity contribution in [3.8, 4) is 0 Å². The van der Waals surface area contributed by atoms with Gasteiger partial charge < -0.3 is 4.74 Å². The van der Waals surface area contributed by atoms with E-state index in [1.165, 1.54) is 0 Å². The fourth-order valence-corrected chi connectivity index (χ4v) is 6.91. The van der Waals surface area contributed by atoms with Crippen LogP contribution in [0, 0.1) is 0 Å². The minimum absolute atomic E-state index is 0.0235. The number of hydrogen-bond acceptors (Lipinski definition) is 5. The molecule has 4 aromatic rings. The topological polar surface area (TPSA) is 56.1 Å². The van der Waals surface area contributed by atoms with Crippen molar-refractivity contribution in [1.82, 2.24) is 25.1 Å². The van der Waals surface area contributed by atoms with Crippen LogP contribution in [0.15, 0.2) is 78.9 Å². The number of fused-ring (bicyclic) bond motifs is 2. The Hall–Kier alpha value is -3.77. The van der Waals surface area contributed by atoms with Crippen LogP contribution in [0.1, 0.15) is 58.8 Å². The molecule has 2 saturated heterocycles. The van der Waals surface area contributed by atoms with E-state index in [0.717, 1.165) is 23.3 Å². The number of halogens is 6. The molecule has 6 rings (SSSR count). The number of ether oxygens (including phenoxy) is 1. The van der Waals surface area contributed by atoms with Crippen LogP contribution >= 0.6 is 0 Å². The van der Waals surface area contributed by atoms with Crippen LogP contribution < -0.4 is 0 Å². The van der Waals surface area contributed by atoms with Gasteiger partial charge >= 0.3 is 12.4 Å². The molecule has 2 aliphatic heterocycles. The van der Waals surface area contributed by atoms with Gasteiger partial charge in [-0.15, -0.1) is 5.10 Å². The molecule has 0 amide bonds. The number of alkyl halides is 6. The molecule has 226 valence electrons. The maximum absolute atomic E-state index is 13.6. The normalized spacial score (nSPS) is 24.4. The van der Waals surface area contributed by atoms with Crippen molar-refractivity contribution < 1.29 is 31.1 Å². The molecule has 12 heteroatoms. The zero-order chi connectivity index (χ0) is 30.4. The lowest BCUT2D eigenvalue weighted by Gasteiger charge is -2.50. The maximum atomic E-state index is 13.6. The summed E-state index contributed by atoms with van der Waals surface area (Å²) in [5, 5.41) is 12.2. The average Bonchev–Trinajstić information content (AvgIpc) is 3.49. The van der Waals surface area contributed by atoms with Crippen molar-refractivity contribution in [2.75, 3.05) is 0 Å². The number of piperidine rings is 1. The zero-order valence-corrected chi connectivity index (χ0v) is 23.2. The molecule has 0 unspecified atom stereocenters. The van der Waals surface area contributed by atoms with Gasteiger partial charge in [-0.2, -0.15) is 26.3 Å². The first-order chi connectivity index (χ1) is 20.5. The smallest absolute Gasteiger partial charge is 0.371 e. The summed E-state index contributed by atoms with van der Waals surface area (Å²) < 4.78 is 89.5. The van der Waals surface area contributed by atoms with E-state index in [1.807, 2.05) is 60.7 Å². The Bertz CT molecular complexity index is 1530. The third-order valence-corrected chi connectivity index (χ3v) is 8.72. The van der Waals surface area contributed by atoms with Crippen molar-refractivity contribution in [2.45, 2.75) is 68.4 Å². The van der Waals surface area contributed by atoms with Crippen molar-refractivity contribution in [2.24, 2.45) is 7.05 Å². The summed E-state index contributed by atoms with van der Waals surface area (Å²) in [5.74, 6) is 0.636. The molecular formula is C31H29F6N5O. The molecule has 43 heavy (non-hydrogen) atoms. The van der Waals surface area contributed by atoms with Gasteiger partial charge in [0.15, 0.2) is 5.82 Å². The lowest BCUT2D eigenvalue weighted by Crippen LogP contribution is -2.56. The lowest BCUT2D eigenvalue weighted by atomic mass is 9.78. The summed E-state index contributed by atoms with van der Waals surface area (Å²) in [6, 6.07) is 21.3. The van der Waals surface area contributed by atoms with Crippen molar-refractivity contribution in [3.63, 3.8) is 0 Å². The number of benzene rings is 3. The molecule has 0 N–H and O–H groups in total. The standard InChI is InChI=1S/C31H29F6N5O/c1-41-28(38-39-40-41)25-17-29(22-10-6-3-7-11-22)27(13-12-26(25)42(29)18-20-8-4-2-5-9-20)43-19-21-14-23(30(32,33)34)16-24(15-21)31(35,36)37/h2-11,14-16,25-27H,12-13,17-19H2,1H3/t25-,26+,27-,29-/m1/s1. The number of aryl methyl sites for hydroxylation is 1. The summed E-state index contributed by atoms with van der Waals surface area (Å²) in [5.41, 5.74) is -1.62. The second kappa shape index (κ2) is 11.1. The van der Waals surface area contributed by atoms with Crippen LogP contribution in [0.5, 0.6) is 0 Å². The number of tetrazole rings is 1. The molecule has 6 nitrogen and oxygen atoms in total. The van der Waals surface area contributed by atoms with E-state index in [-0.39, 0.29) is 23.6 Å². The van der Waals surface area contributed by atoms with Crippen LogP contribution in [0.25, 0.3) is 0 Å². The molecule has 0 aliphatic carbocycles. The lowest BCUT2D eigenvalue weighted by molar-refractivity contribution is -0.143. The molecule has 2 aliphatic rings. The molecule has 1 aromatic heterocycles. The Balaban J connectivity index is 1.42. The van der Waals surface area contributed by atoms with Gasteiger partial charge in [-0.05, 0) is 64.6 Å². The molecule has 0 spiro atoms. The third-order valence-electron chi connectivity index (χ3n) is 8.72. The van der Waals surface area contributed by atoms with Gasteiger partial charge in [-0.25, -0.2) is 4.68 Å². The summed E-state index contributed by atoms with van der Waals surface area (Å²) in [4.78, 5) is 2.37. The Kier molecular flexibility index (Phi) is 7.54. The summed E-state index contributed by atoms with van der Waals surface area (Å²) in [6.45, 7) is 0.149. The summed E-state index contributed by atoms with van der Waals surface area (Å²) in [6.07, 6.45) is -8.62. The molecule has 0 saturated carbocycles. The predicted octanol–water partition coefficient (Wildman–Crippen LogP) is 6.88. The molecule has 2 bridgehead atoms. The maximum Gasteiger partial charge on any atom is 0.416 e. The van der Waals surface area contributed by atoms with E-state index in [9.17, 15) is 26.3 Å². The Labute approximate surface area is 244 Å². The average molecular weight is 602 g/mol. The molecule has 2 fully saturated rings. The van der Waals surface area contributed by atoms with Crippen molar-refractivity contribution in [3.05, 3.63) is 113 Å². The van der Waals surface area contributed by atoms with Gasteiger partial charge in [0, 0.05) is 25.6 Å². The highest BCUT2D eigenvalue weighted by Crippen LogP contribution is 2.57. The Morgan fingerprint density at radius 3 is 2.05 bits per heavy atom. The van der Waals surface area contributed by atoms with Crippen LogP contribution in [0.4, 0.5) is 26.3 Å². The monoisotopic (exact) mass is 601 g/mol. The SMILES string of the molecule is Cn1nnnc1[C@@H]1C[C@@]2(c3ccccc3)[C@H](OCc3cc(C(F)(F)F)cc(C(F)(F)F)c3)CC[C@@H]1N2Cc1ccccc1. The third kappa shape index (κ3) is 5.53. The van der Waals surface area contributed by atoms with E-state index in [1.54, 1.807) is 11.7 Å². The van der Waals surface area contributed by atoms with E-state index < -0.39 is 41.7 Å². The first kappa shape index (κ1) is 29.3. The second-order valence-electron chi connectivity index (χ2n) is 11.2. The quantitative estimate of drug-likeness (QED) is 0.216. The number of nitrogens with zero attached hydrogens (tertiary/aromatic N) is 5. The second-order valence-corrected chi connectivity index (χ2v) is 11.2. The van der Waals surface area contributed by atoms with E-state index >= 15 is 0 Å². The minimum Gasteiger partial charge on any atom is -0.371 e. The van der Waals surface area contributed by atoms with E-state index in [2.05, 4.69) is 20.4 Å². The summed E-state index contributed by atoms with van der Waals surface area (Å²) >= 11 is 0.